The Bertz CT molecular complexity index is 1570. The zero-order chi connectivity index (χ0) is 27.0. The van der Waals surface area contributed by atoms with Gasteiger partial charge in [0.05, 0.1) is 35.5 Å². The van der Waals surface area contributed by atoms with Crippen LogP contribution >= 0.6 is 11.3 Å². The molecule has 0 saturated carbocycles. The molecule has 1 N–H and O–H groups in total. The summed E-state index contributed by atoms with van der Waals surface area (Å²) in [4.78, 5) is 33.1. The van der Waals surface area contributed by atoms with Gasteiger partial charge in [-0.15, -0.1) is 0 Å². The van der Waals surface area contributed by atoms with Crippen molar-refractivity contribution in [3.8, 4) is 11.5 Å². The molecule has 1 aliphatic rings. The molecular formula is C30H28N2O5S. The lowest BCUT2D eigenvalue weighted by atomic mass is 9.95. The van der Waals surface area contributed by atoms with Crippen LogP contribution in [0.25, 0.3) is 16.0 Å². The molecule has 2 heterocycles. The number of aliphatic hydroxyl groups is 1. The van der Waals surface area contributed by atoms with Gasteiger partial charge < -0.3 is 14.6 Å². The number of hydrogen-bond donors (Lipinski definition) is 1. The molecule has 0 bridgehead atoms. The summed E-state index contributed by atoms with van der Waals surface area (Å²) < 4.78 is 12.0. The largest absolute Gasteiger partial charge is 0.507 e. The number of ether oxygens (including phenoxy) is 2. The molecule has 4 aromatic rings. The number of benzene rings is 3. The van der Waals surface area contributed by atoms with E-state index in [1.807, 2.05) is 63.2 Å². The first kappa shape index (κ1) is 25.5. The van der Waals surface area contributed by atoms with Crippen LogP contribution in [0.3, 0.4) is 0 Å². The number of aliphatic hydroxyl groups excluding tert-OH is 1. The second-order valence-electron chi connectivity index (χ2n) is 9.24. The van der Waals surface area contributed by atoms with Crippen molar-refractivity contribution >= 4 is 44.1 Å². The van der Waals surface area contributed by atoms with E-state index in [1.165, 1.54) is 16.2 Å². The van der Waals surface area contributed by atoms with Gasteiger partial charge in [0.25, 0.3) is 5.78 Å². The lowest BCUT2D eigenvalue weighted by Gasteiger charge is -2.23. The van der Waals surface area contributed by atoms with Crippen LogP contribution in [-0.4, -0.2) is 35.5 Å². The fraction of sp³-hybridized carbons (Fsp3) is 0.233. The minimum absolute atomic E-state index is 0.0113. The number of Topliss-reactive ketones (excluding diaryl/α,β-unsaturated/α-hetero) is 1. The Balaban J connectivity index is 1.67. The molecule has 7 nitrogen and oxygen atoms in total. The average Bonchev–Trinajstić information content (AvgIpc) is 3.44. The molecule has 194 valence electrons. The summed E-state index contributed by atoms with van der Waals surface area (Å²) in [6.07, 6.45) is 0.875. The molecule has 1 atom stereocenters. The summed E-state index contributed by atoms with van der Waals surface area (Å²) in [7, 11) is 1.57. The molecule has 1 aliphatic heterocycles. The molecule has 5 rings (SSSR count). The second-order valence-corrected chi connectivity index (χ2v) is 10.2. The van der Waals surface area contributed by atoms with Crippen LogP contribution in [0.15, 0.2) is 66.2 Å². The van der Waals surface area contributed by atoms with Gasteiger partial charge in [-0.2, -0.15) is 0 Å². The monoisotopic (exact) mass is 528 g/mol. The highest BCUT2D eigenvalue weighted by atomic mass is 32.1. The summed E-state index contributed by atoms with van der Waals surface area (Å²) in [6.45, 7) is 6.45. The molecule has 8 heteroatoms. The first-order valence-corrected chi connectivity index (χ1v) is 13.2. The Morgan fingerprint density at radius 3 is 2.50 bits per heavy atom. The summed E-state index contributed by atoms with van der Waals surface area (Å²) in [5, 5.41) is 11.8. The van der Waals surface area contributed by atoms with E-state index in [2.05, 4.69) is 4.98 Å². The fourth-order valence-electron chi connectivity index (χ4n) is 4.62. The van der Waals surface area contributed by atoms with Crippen molar-refractivity contribution in [2.45, 2.75) is 33.2 Å². The number of carbonyl (C=O) groups excluding carboxylic acids is 2. The Kier molecular flexibility index (Phi) is 6.91. The van der Waals surface area contributed by atoms with E-state index in [0.717, 1.165) is 27.8 Å². The van der Waals surface area contributed by atoms with Crippen molar-refractivity contribution in [1.82, 2.24) is 4.98 Å². The van der Waals surface area contributed by atoms with Crippen LogP contribution in [0.1, 0.15) is 41.6 Å². The van der Waals surface area contributed by atoms with E-state index in [4.69, 9.17) is 9.47 Å². The van der Waals surface area contributed by atoms with Gasteiger partial charge >= 0.3 is 5.91 Å². The highest BCUT2D eigenvalue weighted by molar-refractivity contribution is 7.22. The molecule has 1 amide bonds. The zero-order valence-electron chi connectivity index (χ0n) is 21.6. The van der Waals surface area contributed by atoms with Crippen LogP contribution in [0, 0.1) is 13.8 Å². The Labute approximate surface area is 225 Å². The number of fused-ring (bicyclic) bond motifs is 1. The van der Waals surface area contributed by atoms with Gasteiger partial charge in [-0.05, 0) is 79.4 Å². The summed E-state index contributed by atoms with van der Waals surface area (Å²) in [6, 6.07) is 17.4. The summed E-state index contributed by atoms with van der Waals surface area (Å²) in [5.74, 6) is -0.392. The summed E-state index contributed by atoms with van der Waals surface area (Å²) >= 11 is 1.34. The van der Waals surface area contributed by atoms with Gasteiger partial charge in [0.15, 0.2) is 5.13 Å². The van der Waals surface area contributed by atoms with Crippen LogP contribution in [0.5, 0.6) is 11.5 Å². The standard InChI is InChI=1S/C30H28N2O5S/c1-5-14-37-21-10-7-19(8-11-21)26-25(27(33)20-9-13-23(36-4)18(3)16-20)28(34)29(35)32(26)30-31-22-12-6-17(2)15-24(22)38-30/h6-13,15-16,26,33H,5,14H2,1-4H3/b27-25+. The average molecular weight is 529 g/mol. The first-order valence-electron chi connectivity index (χ1n) is 12.4. The fourth-order valence-corrected chi connectivity index (χ4v) is 5.71. The van der Waals surface area contributed by atoms with Gasteiger partial charge in [-0.25, -0.2) is 4.98 Å². The highest BCUT2D eigenvalue weighted by Crippen LogP contribution is 2.44. The molecule has 38 heavy (non-hydrogen) atoms. The minimum atomic E-state index is -0.862. The van der Waals surface area contributed by atoms with Crippen LogP contribution in [0.2, 0.25) is 0 Å². The number of thiazole rings is 1. The number of aryl methyl sites for hydroxylation is 2. The SMILES string of the molecule is CCCOc1ccc(C2/C(=C(\O)c3ccc(OC)c(C)c3)C(=O)C(=O)N2c2nc3ccc(C)cc3s2)cc1. The number of carbonyl (C=O) groups is 2. The van der Waals surface area contributed by atoms with E-state index >= 15 is 0 Å². The van der Waals surface area contributed by atoms with Gasteiger partial charge in [0.2, 0.25) is 0 Å². The number of nitrogens with zero attached hydrogens (tertiary/aromatic N) is 2. The van der Waals surface area contributed by atoms with Crippen molar-refractivity contribution in [3.05, 3.63) is 88.5 Å². The highest BCUT2D eigenvalue weighted by Gasteiger charge is 2.48. The molecule has 1 saturated heterocycles. The van der Waals surface area contributed by atoms with E-state index in [9.17, 15) is 14.7 Å². The topological polar surface area (TPSA) is 89.0 Å². The maximum atomic E-state index is 13.5. The van der Waals surface area contributed by atoms with E-state index in [0.29, 0.717) is 34.4 Å². The molecule has 0 aliphatic carbocycles. The molecular weight excluding hydrogens is 500 g/mol. The van der Waals surface area contributed by atoms with Crippen molar-refractivity contribution in [1.29, 1.82) is 0 Å². The Morgan fingerprint density at radius 1 is 1.05 bits per heavy atom. The number of hydrogen-bond acceptors (Lipinski definition) is 7. The third kappa shape index (κ3) is 4.52. The number of amides is 1. The predicted molar refractivity (Wildman–Crippen MR) is 149 cm³/mol. The normalized spacial score (nSPS) is 16.8. The maximum absolute atomic E-state index is 13.5. The Morgan fingerprint density at radius 2 is 1.82 bits per heavy atom. The van der Waals surface area contributed by atoms with Crippen LogP contribution < -0.4 is 14.4 Å². The third-order valence-corrected chi connectivity index (χ3v) is 7.54. The van der Waals surface area contributed by atoms with Crippen molar-refractivity contribution < 1.29 is 24.2 Å². The van der Waals surface area contributed by atoms with E-state index < -0.39 is 17.7 Å². The number of methoxy groups -OCH3 is 1. The van der Waals surface area contributed by atoms with Crippen molar-refractivity contribution in [3.63, 3.8) is 0 Å². The molecule has 3 aromatic carbocycles. The second kappa shape index (κ2) is 10.3. The quantitative estimate of drug-likeness (QED) is 0.171. The van der Waals surface area contributed by atoms with Gasteiger partial charge in [0, 0.05) is 5.56 Å². The zero-order valence-corrected chi connectivity index (χ0v) is 22.5. The van der Waals surface area contributed by atoms with E-state index in [1.54, 1.807) is 25.3 Å². The maximum Gasteiger partial charge on any atom is 0.301 e. The van der Waals surface area contributed by atoms with Crippen LogP contribution in [-0.2, 0) is 9.59 Å². The lowest BCUT2D eigenvalue weighted by molar-refractivity contribution is -0.132. The molecule has 1 fully saturated rings. The van der Waals surface area contributed by atoms with Gasteiger partial charge in [-0.1, -0.05) is 36.5 Å². The molecule has 1 unspecified atom stereocenters. The minimum Gasteiger partial charge on any atom is -0.507 e. The molecule has 0 spiro atoms. The van der Waals surface area contributed by atoms with Gasteiger partial charge in [0.1, 0.15) is 17.3 Å². The number of anilines is 1. The van der Waals surface area contributed by atoms with Crippen molar-refractivity contribution in [2.24, 2.45) is 0 Å². The number of aromatic nitrogens is 1. The molecule has 0 radical (unpaired) electrons. The third-order valence-electron chi connectivity index (χ3n) is 6.52. The van der Waals surface area contributed by atoms with Gasteiger partial charge in [-0.3, -0.25) is 14.5 Å². The predicted octanol–water partition coefficient (Wildman–Crippen LogP) is 6.34. The first-order chi connectivity index (χ1) is 18.3. The number of rotatable bonds is 7. The van der Waals surface area contributed by atoms with E-state index in [-0.39, 0.29) is 11.3 Å². The Hall–Kier alpha value is -4.17. The molecule has 1 aromatic heterocycles. The summed E-state index contributed by atoms with van der Waals surface area (Å²) in [5.41, 5.74) is 3.71. The lowest BCUT2D eigenvalue weighted by Crippen LogP contribution is -2.29. The van der Waals surface area contributed by atoms with Crippen molar-refractivity contribution in [2.75, 3.05) is 18.6 Å². The number of ketones is 1. The smallest absolute Gasteiger partial charge is 0.301 e. The van der Waals surface area contributed by atoms with Crippen LogP contribution in [0.4, 0.5) is 5.13 Å².